The Bertz CT molecular complexity index is 870. The molecule has 27 heavy (non-hydrogen) atoms. The number of nitrogens with one attached hydrogen (secondary N) is 1. The molecule has 9 heteroatoms. The van der Waals surface area contributed by atoms with Crippen LogP contribution in [0.1, 0.15) is 17.3 Å². The largest absolute Gasteiger partial charge is 0.447 e. The Kier molecular flexibility index (Phi) is 4.88. The van der Waals surface area contributed by atoms with Crippen LogP contribution in [0.15, 0.2) is 18.2 Å². The van der Waals surface area contributed by atoms with Crippen LogP contribution in [-0.2, 0) is 4.74 Å². The fraction of sp³-hybridized carbons (Fsp3) is 0.500. The molecule has 1 unspecified atom stereocenters. The maximum absolute atomic E-state index is 12.9. The number of fused-ring (bicyclic) bond motifs is 2. The van der Waals surface area contributed by atoms with E-state index in [4.69, 9.17) is 10.5 Å². The predicted molar refractivity (Wildman–Crippen MR) is 104 cm³/mol. The number of hydrogen-bond donors (Lipinski definition) is 2. The summed E-state index contributed by atoms with van der Waals surface area (Å²) in [6.45, 7) is 5.39. The summed E-state index contributed by atoms with van der Waals surface area (Å²) in [5.74, 6) is 0.356. The van der Waals surface area contributed by atoms with Crippen molar-refractivity contribution in [3.8, 4) is 0 Å². The summed E-state index contributed by atoms with van der Waals surface area (Å²) in [7, 11) is 0. The Morgan fingerprint density at radius 3 is 3.15 bits per heavy atom. The molecule has 2 saturated heterocycles. The molecule has 1 aromatic heterocycles. The average Bonchev–Trinajstić information content (AvgIpc) is 3.27. The molecule has 0 radical (unpaired) electrons. The molecule has 144 valence electrons. The van der Waals surface area contributed by atoms with Gasteiger partial charge in [-0.3, -0.25) is 9.69 Å². The molecule has 2 aliphatic heterocycles. The van der Waals surface area contributed by atoms with Crippen LogP contribution in [-0.4, -0.2) is 72.2 Å². The minimum absolute atomic E-state index is 0.0180. The van der Waals surface area contributed by atoms with Gasteiger partial charge in [-0.15, -0.1) is 0 Å². The zero-order chi connectivity index (χ0) is 19.0. The van der Waals surface area contributed by atoms with Gasteiger partial charge >= 0.3 is 6.09 Å². The molecule has 0 spiro atoms. The molecule has 4 rings (SSSR count). The van der Waals surface area contributed by atoms with Crippen LogP contribution in [0.5, 0.6) is 0 Å². The standard InChI is InChI=1S/C18H23N5O3S/c1-11(7-19)8-20-17-21-14-3-2-12(6-15(14)27-17)16(24)22-4-5-23-13(9-22)10-26-18(23)25/h2-3,6,11,13H,4-5,7-10,19H2,1H3,(H,20,21)/t11-,13?/m0/s1. The Labute approximate surface area is 161 Å². The van der Waals surface area contributed by atoms with Crippen molar-refractivity contribution in [2.75, 3.05) is 44.6 Å². The number of thiazole rings is 1. The molecular weight excluding hydrogens is 366 g/mol. The number of hydrogen-bond acceptors (Lipinski definition) is 7. The van der Waals surface area contributed by atoms with E-state index in [0.29, 0.717) is 44.3 Å². The van der Waals surface area contributed by atoms with Crippen LogP contribution in [0.4, 0.5) is 9.93 Å². The number of amides is 2. The van der Waals surface area contributed by atoms with Gasteiger partial charge in [-0.1, -0.05) is 18.3 Å². The number of anilines is 1. The van der Waals surface area contributed by atoms with E-state index in [9.17, 15) is 9.59 Å². The molecule has 3 N–H and O–H groups in total. The normalized spacial score (nSPS) is 20.5. The zero-order valence-corrected chi connectivity index (χ0v) is 16.0. The first-order valence-electron chi connectivity index (χ1n) is 9.12. The van der Waals surface area contributed by atoms with Crippen molar-refractivity contribution in [3.63, 3.8) is 0 Å². The number of benzene rings is 1. The second kappa shape index (κ2) is 7.32. The Balaban J connectivity index is 1.47. The molecule has 2 amide bonds. The lowest BCUT2D eigenvalue weighted by Crippen LogP contribution is -2.53. The fourth-order valence-electron chi connectivity index (χ4n) is 3.33. The van der Waals surface area contributed by atoms with E-state index in [2.05, 4.69) is 17.2 Å². The molecular formula is C18H23N5O3S. The summed E-state index contributed by atoms with van der Waals surface area (Å²) < 4.78 is 6.04. The third-order valence-corrected chi connectivity index (χ3v) is 6.02. The first kappa shape index (κ1) is 18.0. The van der Waals surface area contributed by atoms with E-state index < -0.39 is 0 Å². The quantitative estimate of drug-likeness (QED) is 0.805. The third-order valence-electron chi connectivity index (χ3n) is 5.04. The van der Waals surface area contributed by atoms with Gasteiger partial charge in [0.05, 0.1) is 16.3 Å². The van der Waals surface area contributed by atoms with Crippen molar-refractivity contribution in [3.05, 3.63) is 23.8 Å². The van der Waals surface area contributed by atoms with E-state index in [1.807, 2.05) is 18.2 Å². The molecule has 0 saturated carbocycles. The van der Waals surface area contributed by atoms with Gasteiger partial charge < -0.3 is 20.7 Å². The highest BCUT2D eigenvalue weighted by molar-refractivity contribution is 7.22. The lowest BCUT2D eigenvalue weighted by atomic mass is 10.1. The van der Waals surface area contributed by atoms with Gasteiger partial charge in [0.25, 0.3) is 5.91 Å². The number of piperazine rings is 1. The van der Waals surface area contributed by atoms with Crippen LogP contribution in [0.3, 0.4) is 0 Å². The van der Waals surface area contributed by atoms with Gasteiger partial charge in [0.15, 0.2) is 5.13 Å². The monoisotopic (exact) mass is 389 g/mol. The van der Waals surface area contributed by atoms with Crippen LogP contribution in [0.2, 0.25) is 0 Å². The molecule has 1 aromatic carbocycles. The molecule has 2 aromatic rings. The number of aromatic nitrogens is 1. The lowest BCUT2D eigenvalue weighted by Gasteiger charge is -2.35. The van der Waals surface area contributed by atoms with E-state index in [1.165, 1.54) is 11.3 Å². The SMILES string of the molecule is C[C@@H](CN)CNc1nc2ccc(C(=O)N3CCN4C(=O)OCC4C3)cc2s1. The first-order valence-corrected chi connectivity index (χ1v) is 9.94. The Hall–Kier alpha value is -2.39. The topological polar surface area (TPSA) is 101 Å². The number of ether oxygens (including phenoxy) is 1. The van der Waals surface area contributed by atoms with Crippen molar-refractivity contribution >= 4 is 38.7 Å². The summed E-state index contributed by atoms with van der Waals surface area (Å²) >= 11 is 1.54. The highest BCUT2D eigenvalue weighted by Gasteiger charge is 2.38. The fourth-order valence-corrected chi connectivity index (χ4v) is 4.25. The maximum atomic E-state index is 12.9. The van der Waals surface area contributed by atoms with Crippen molar-refractivity contribution in [2.45, 2.75) is 13.0 Å². The van der Waals surface area contributed by atoms with E-state index >= 15 is 0 Å². The molecule has 8 nitrogen and oxygen atoms in total. The van der Waals surface area contributed by atoms with E-state index in [-0.39, 0.29) is 18.0 Å². The molecule has 2 atom stereocenters. The molecule has 0 bridgehead atoms. The number of carbonyl (C=O) groups excluding carboxylic acids is 2. The number of rotatable bonds is 5. The summed E-state index contributed by atoms with van der Waals surface area (Å²) in [5.41, 5.74) is 7.17. The third kappa shape index (κ3) is 3.57. The number of nitrogens with two attached hydrogens (primary N) is 1. The van der Waals surface area contributed by atoms with Crippen LogP contribution >= 0.6 is 11.3 Å². The average molecular weight is 389 g/mol. The predicted octanol–water partition coefficient (Wildman–Crippen LogP) is 1.58. The summed E-state index contributed by atoms with van der Waals surface area (Å²) in [6, 6.07) is 5.56. The Morgan fingerprint density at radius 2 is 2.33 bits per heavy atom. The van der Waals surface area contributed by atoms with Crippen molar-refractivity contribution in [1.29, 1.82) is 0 Å². The van der Waals surface area contributed by atoms with Gasteiger partial charge in [0, 0.05) is 31.7 Å². The van der Waals surface area contributed by atoms with Gasteiger partial charge in [0.2, 0.25) is 0 Å². The van der Waals surface area contributed by atoms with Crippen LogP contribution < -0.4 is 11.1 Å². The van der Waals surface area contributed by atoms with Gasteiger partial charge in [0.1, 0.15) is 6.61 Å². The van der Waals surface area contributed by atoms with Gasteiger partial charge in [-0.25, -0.2) is 9.78 Å². The zero-order valence-electron chi connectivity index (χ0n) is 15.2. The molecule has 2 aliphatic rings. The van der Waals surface area contributed by atoms with Gasteiger partial charge in [-0.2, -0.15) is 0 Å². The maximum Gasteiger partial charge on any atom is 0.410 e. The molecule has 2 fully saturated rings. The lowest BCUT2D eigenvalue weighted by molar-refractivity contribution is 0.0617. The first-order chi connectivity index (χ1) is 13.0. The number of nitrogens with zero attached hydrogens (tertiary/aromatic N) is 3. The van der Waals surface area contributed by atoms with Crippen molar-refractivity contribution < 1.29 is 14.3 Å². The van der Waals surface area contributed by atoms with E-state index in [1.54, 1.807) is 9.80 Å². The Morgan fingerprint density at radius 1 is 1.48 bits per heavy atom. The highest BCUT2D eigenvalue weighted by Crippen LogP contribution is 2.28. The highest BCUT2D eigenvalue weighted by atomic mass is 32.1. The minimum Gasteiger partial charge on any atom is -0.447 e. The van der Waals surface area contributed by atoms with Gasteiger partial charge in [-0.05, 0) is 30.7 Å². The number of carbonyl (C=O) groups is 2. The van der Waals surface area contributed by atoms with Crippen molar-refractivity contribution in [1.82, 2.24) is 14.8 Å². The summed E-state index contributed by atoms with van der Waals surface area (Å²) in [5, 5.41) is 4.14. The molecule has 3 heterocycles. The number of cyclic esters (lactones) is 1. The smallest absolute Gasteiger partial charge is 0.410 e. The summed E-state index contributed by atoms with van der Waals surface area (Å²) in [6.07, 6.45) is -0.276. The molecule has 0 aliphatic carbocycles. The minimum atomic E-state index is -0.276. The second-order valence-electron chi connectivity index (χ2n) is 7.10. The van der Waals surface area contributed by atoms with Crippen LogP contribution in [0.25, 0.3) is 10.2 Å². The second-order valence-corrected chi connectivity index (χ2v) is 8.13. The van der Waals surface area contributed by atoms with E-state index in [0.717, 1.165) is 21.9 Å². The van der Waals surface area contributed by atoms with Crippen molar-refractivity contribution in [2.24, 2.45) is 11.7 Å². The van der Waals surface area contributed by atoms with Crippen LogP contribution in [0, 0.1) is 5.92 Å². The summed E-state index contributed by atoms with van der Waals surface area (Å²) in [4.78, 5) is 32.6.